The van der Waals surface area contributed by atoms with E-state index in [1.165, 1.54) is 11.3 Å². The Labute approximate surface area is 121 Å². The molecule has 110 valence electrons. The zero-order valence-electron chi connectivity index (χ0n) is 11.6. The summed E-state index contributed by atoms with van der Waals surface area (Å²) in [7, 11) is 0. The molecule has 2 amide bonds. The molecule has 2 rings (SSSR count). The van der Waals surface area contributed by atoms with Gasteiger partial charge in [-0.3, -0.25) is 10.1 Å². The van der Waals surface area contributed by atoms with Crippen LogP contribution >= 0.6 is 11.3 Å². The van der Waals surface area contributed by atoms with Crippen molar-refractivity contribution >= 4 is 28.5 Å². The molecule has 1 saturated carbocycles. The molecule has 1 aromatic heterocycles. The van der Waals surface area contributed by atoms with Crippen LogP contribution in [0.4, 0.5) is 9.93 Å². The SMILES string of the molecule is CC(C)c1csc(NC(=O)NC2(CC(=O)O)CCC2)n1. The fourth-order valence-electron chi connectivity index (χ4n) is 2.22. The van der Waals surface area contributed by atoms with Crippen LogP contribution in [0.25, 0.3) is 0 Å². The quantitative estimate of drug-likeness (QED) is 0.779. The minimum absolute atomic E-state index is 0.0322. The average molecular weight is 297 g/mol. The second-order valence-electron chi connectivity index (χ2n) is 5.52. The van der Waals surface area contributed by atoms with E-state index in [9.17, 15) is 9.59 Å². The summed E-state index contributed by atoms with van der Waals surface area (Å²) in [6.45, 7) is 4.07. The summed E-state index contributed by atoms with van der Waals surface area (Å²) in [5.41, 5.74) is 0.350. The first kappa shape index (κ1) is 14.8. The molecule has 7 heteroatoms. The molecule has 1 fully saturated rings. The number of carbonyl (C=O) groups is 2. The molecule has 3 N–H and O–H groups in total. The number of aromatic nitrogens is 1. The first-order valence-electron chi connectivity index (χ1n) is 6.67. The number of aliphatic carboxylic acids is 1. The van der Waals surface area contributed by atoms with E-state index >= 15 is 0 Å². The van der Waals surface area contributed by atoms with Gasteiger partial charge < -0.3 is 10.4 Å². The maximum Gasteiger partial charge on any atom is 0.321 e. The highest BCUT2D eigenvalue weighted by Crippen LogP contribution is 2.35. The average Bonchev–Trinajstić information content (AvgIpc) is 2.73. The maximum absolute atomic E-state index is 11.9. The minimum Gasteiger partial charge on any atom is -0.481 e. The number of rotatable bonds is 5. The van der Waals surface area contributed by atoms with Crippen LogP contribution in [-0.2, 0) is 4.79 Å². The number of anilines is 1. The number of hydrogen-bond acceptors (Lipinski definition) is 4. The van der Waals surface area contributed by atoms with Crippen LogP contribution in [0.1, 0.15) is 51.1 Å². The summed E-state index contributed by atoms with van der Waals surface area (Å²) in [6.07, 6.45) is 2.33. The molecule has 1 aromatic rings. The molecule has 0 aromatic carbocycles. The van der Waals surface area contributed by atoms with Crippen molar-refractivity contribution in [2.24, 2.45) is 0 Å². The monoisotopic (exact) mass is 297 g/mol. The van der Waals surface area contributed by atoms with Gasteiger partial charge >= 0.3 is 12.0 Å². The van der Waals surface area contributed by atoms with Crippen LogP contribution in [-0.4, -0.2) is 27.6 Å². The largest absolute Gasteiger partial charge is 0.481 e. The van der Waals surface area contributed by atoms with E-state index in [1.807, 2.05) is 19.2 Å². The van der Waals surface area contributed by atoms with Gasteiger partial charge in [-0.1, -0.05) is 13.8 Å². The van der Waals surface area contributed by atoms with Gasteiger partial charge in [-0.25, -0.2) is 9.78 Å². The van der Waals surface area contributed by atoms with Crippen LogP contribution in [0, 0.1) is 0 Å². The van der Waals surface area contributed by atoms with Gasteiger partial charge in [0.25, 0.3) is 0 Å². The third-order valence-electron chi connectivity index (χ3n) is 3.51. The Kier molecular flexibility index (Phi) is 4.27. The first-order valence-corrected chi connectivity index (χ1v) is 7.54. The van der Waals surface area contributed by atoms with Gasteiger partial charge in [0.1, 0.15) is 0 Å². The number of carboxylic acid groups (broad SMARTS) is 1. The molecular formula is C13H19N3O3S. The van der Waals surface area contributed by atoms with E-state index in [4.69, 9.17) is 5.11 Å². The Morgan fingerprint density at radius 2 is 2.20 bits per heavy atom. The lowest BCUT2D eigenvalue weighted by atomic mass is 9.74. The molecule has 1 aliphatic carbocycles. The van der Waals surface area contributed by atoms with Crippen molar-refractivity contribution in [3.05, 3.63) is 11.1 Å². The molecular weight excluding hydrogens is 278 g/mol. The van der Waals surface area contributed by atoms with E-state index in [-0.39, 0.29) is 12.5 Å². The topological polar surface area (TPSA) is 91.3 Å². The molecule has 0 saturated heterocycles. The van der Waals surface area contributed by atoms with Crippen molar-refractivity contribution in [3.63, 3.8) is 0 Å². The van der Waals surface area contributed by atoms with E-state index in [0.29, 0.717) is 23.9 Å². The fourth-order valence-corrected chi connectivity index (χ4v) is 3.08. The Morgan fingerprint density at radius 1 is 1.50 bits per heavy atom. The molecule has 0 radical (unpaired) electrons. The van der Waals surface area contributed by atoms with Gasteiger partial charge in [0.05, 0.1) is 17.7 Å². The van der Waals surface area contributed by atoms with Crippen molar-refractivity contribution in [3.8, 4) is 0 Å². The molecule has 0 aliphatic heterocycles. The molecule has 0 atom stereocenters. The van der Waals surface area contributed by atoms with Gasteiger partial charge in [-0.2, -0.15) is 0 Å². The zero-order chi connectivity index (χ0) is 14.8. The van der Waals surface area contributed by atoms with Crippen LogP contribution in [0.5, 0.6) is 0 Å². The fraction of sp³-hybridized carbons (Fsp3) is 0.615. The Balaban J connectivity index is 1.92. The molecule has 20 heavy (non-hydrogen) atoms. The van der Waals surface area contributed by atoms with Crippen molar-refractivity contribution in [2.45, 2.75) is 51.0 Å². The van der Waals surface area contributed by atoms with Gasteiger partial charge in [-0.05, 0) is 25.2 Å². The molecule has 1 aliphatic rings. The Morgan fingerprint density at radius 3 is 2.65 bits per heavy atom. The van der Waals surface area contributed by atoms with Gasteiger partial charge in [0, 0.05) is 5.38 Å². The maximum atomic E-state index is 11.9. The first-order chi connectivity index (χ1) is 9.40. The van der Waals surface area contributed by atoms with Gasteiger partial charge in [-0.15, -0.1) is 11.3 Å². The number of urea groups is 1. The van der Waals surface area contributed by atoms with Crippen molar-refractivity contribution in [1.82, 2.24) is 10.3 Å². The molecule has 1 heterocycles. The van der Waals surface area contributed by atoms with E-state index in [0.717, 1.165) is 12.1 Å². The van der Waals surface area contributed by atoms with Crippen molar-refractivity contribution in [2.75, 3.05) is 5.32 Å². The number of carboxylic acids is 1. The summed E-state index contributed by atoms with van der Waals surface area (Å²) < 4.78 is 0. The highest BCUT2D eigenvalue weighted by molar-refractivity contribution is 7.13. The van der Waals surface area contributed by atoms with Gasteiger partial charge in [0.15, 0.2) is 5.13 Å². The number of thiazole rings is 1. The normalized spacial score (nSPS) is 16.6. The van der Waals surface area contributed by atoms with Crippen LogP contribution in [0.2, 0.25) is 0 Å². The number of nitrogens with zero attached hydrogens (tertiary/aromatic N) is 1. The van der Waals surface area contributed by atoms with Gasteiger partial charge in [0.2, 0.25) is 0 Å². The lowest BCUT2D eigenvalue weighted by molar-refractivity contribution is -0.139. The number of amides is 2. The highest BCUT2D eigenvalue weighted by Gasteiger charge is 2.40. The summed E-state index contributed by atoms with van der Waals surface area (Å²) in [5.74, 6) is -0.573. The number of carbonyl (C=O) groups excluding carboxylic acids is 1. The Bertz CT molecular complexity index is 509. The van der Waals surface area contributed by atoms with E-state index < -0.39 is 11.5 Å². The van der Waals surface area contributed by atoms with Crippen LogP contribution < -0.4 is 10.6 Å². The number of nitrogens with one attached hydrogen (secondary N) is 2. The van der Waals surface area contributed by atoms with E-state index in [2.05, 4.69) is 15.6 Å². The number of hydrogen-bond donors (Lipinski definition) is 3. The van der Waals surface area contributed by atoms with Crippen molar-refractivity contribution < 1.29 is 14.7 Å². The molecule has 0 bridgehead atoms. The second-order valence-corrected chi connectivity index (χ2v) is 6.37. The summed E-state index contributed by atoms with van der Waals surface area (Å²) in [6, 6.07) is -0.379. The lowest BCUT2D eigenvalue weighted by Crippen LogP contribution is -2.55. The van der Waals surface area contributed by atoms with Crippen LogP contribution in [0.3, 0.4) is 0 Å². The van der Waals surface area contributed by atoms with Crippen LogP contribution in [0.15, 0.2) is 5.38 Å². The third kappa shape index (κ3) is 3.47. The Hall–Kier alpha value is -1.63. The molecule has 0 unspecified atom stereocenters. The predicted molar refractivity (Wildman–Crippen MR) is 77.2 cm³/mol. The standard InChI is InChI=1S/C13H19N3O3S/c1-8(2)9-7-20-12(14-9)15-11(19)16-13(4-3-5-13)6-10(17)18/h7-8H,3-6H2,1-2H3,(H,17,18)(H2,14,15,16,19). The third-order valence-corrected chi connectivity index (χ3v) is 4.29. The second kappa shape index (κ2) is 5.78. The zero-order valence-corrected chi connectivity index (χ0v) is 12.4. The van der Waals surface area contributed by atoms with Crippen molar-refractivity contribution in [1.29, 1.82) is 0 Å². The highest BCUT2D eigenvalue weighted by atomic mass is 32.1. The molecule has 6 nitrogen and oxygen atoms in total. The summed E-state index contributed by atoms with van der Waals surface area (Å²) in [5, 5.41) is 16.8. The van der Waals surface area contributed by atoms with E-state index in [1.54, 1.807) is 0 Å². The smallest absolute Gasteiger partial charge is 0.321 e. The summed E-state index contributed by atoms with van der Waals surface area (Å²) >= 11 is 1.37. The predicted octanol–water partition coefficient (Wildman–Crippen LogP) is 2.79. The lowest BCUT2D eigenvalue weighted by Gasteiger charge is -2.41. The summed E-state index contributed by atoms with van der Waals surface area (Å²) in [4.78, 5) is 27.1. The molecule has 0 spiro atoms. The minimum atomic E-state index is -0.888.